The highest BCUT2D eigenvalue weighted by Crippen LogP contribution is 2.33. The van der Waals surface area contributed by atoms with Crippen molar-refractivity contribution in [3.05, 3.63) is 29.6 Å². The minimum Gasteiger partial charge on any atom is -0.481 e. The van der Waals surface area contributed by atoms with Gasteiger partial charge >= 0.3 is 5.97 Å². The van der Waals surface area contributed by atoms with Crippen molar-refractivity contribution in [2.75, 3.05) is 7.05 Å². The molecule has 96 valence electrons. The summed E-state index contributed by atoms with van der Waals surface area (Å²) < 4.78 is 0. The van der Waals surface area contributed by atoms with E-state index in [9.17, 15) is 9.59 Å². The lowest BCUT2D eigenvalue weighted by Gasteiger charge is -2.22. The van der Waals surface area contributed by atoms with Crippen molar-refractivity contribution in [3.8, 4) is 0 Å². The van der Waals surface area contributed by atoms with Gasteiger partial charge in [0.05, 0.1) is 6.04 Å². The molecule has 1 aromatic heterocycles. The fraction of sp³-hybridized carbons (Fsp3) is 0.462. The van der Waals surface area contributed by atoms with Crippen LogP contribution in [-0.2, 0) is 16.0 Å². The van der Waals surface area contributed by atoms with Crippen LogP contribution < -0.4 is 0 Å². The van der Waals surface area contributed by atoms with E-state index in [0.29, 0.717) is 12.8 Å². The molecular formula is C13H16N2O3. The Hall–Kier alpha value is -1.91. The molecule has 1 fully saturated rings. The zero-order valence-corrected chi connectivity index (χ0v) is 10.3. The van der Waals surface area contributed by atoms with Crippen molar-refractivity contribution in [2.45, 2.75) is 31.7 Å². The number of pyridine rings is 1. The van der Waals surface area contributed by atoms with Crippen molar-refractivity contribution in [3.63, 3.8) is 0 Å². The number of carbonyl (C=O) groups is 2. The number of aryl methyl sites for hydroxylation is 1. The van der Waals surface area contributed by atoms with Crippen molar-refractivity contribution in [1.29, 1.82) is 0 Å². The van der Waals surface area contributed by atoms with Gasteiger partial charge in [-0.25, -0.2) is 0 Å². The first-order valence-electron chi connectivity index (χ1n) is 6.00. The van der Waals surface area contributed by atoms with E-state index in [1.807, 2.05) is 6.07 Å². The summed E-state index contributed by atoms with van der Waals surface area (Å²) in [5.74, 6) is -0.679. The van der Waals surface area contributed by atoms with Gasteiger partial charge in [-0.05, 0) is 30.0 Å². The first-order chi connectivity index (χ1) is 8.59. The lowest BCUT2D eigenvalue weighted by Crippen LogP contribution is -2.23. The van der Waals surface area contributed by atoms with E-state index in [0.717, 1.165) is 17.5 Å². The topological polar surface area (TPSA) is 70.5 Å². The highest BCUT2D eigenvalue weighted by atomic mass is 16.4. The summed E-state index contributed by atoms with van der Waals surface area (Å²) in [6.07, 6.45) is 5.32. The molecule has 5 nitrogen and oxygen atoms in total. The van der Waals surface area contributed by atoms with Crippen molar-refractivity contribution in [2.24, 2.45) is 0 Å². The smallest absolute Gasteiger partial charge is 0.303 e. The Kier molecular flexibility index (Phi) is 3.60. The molecule has 1 saturated heterocycles. The SMILES string of the molecule is CN1C(=O)CCC1c1cnccc1CCC(=O)O. The maximum Gasteiger partial charge on any atom is 0.303 e. The summed E-state index contributed by atoms with van der Waals surface area (Å²) in [6, 6.07) is 1.88. The maximum atomic E-state index is 11.5. The van der Waals surface area contributed by atoms with Gasteiger partial charge in [0.1, 0.15) is 0 Å². The summed E-state index contributed by atoms with van der Waals surface area (Å²) in [5, 5.41) is 8.74. The first kappa shape index (κ1) is 12.5. The second-order valence-corrected chi connectivity index (χ2v) is 4.53. The number of hydrogen-bond acceptors (Lipinski definition) is 3. The standard InChI is InChI=1S/C13H16N2O3/c1-15-11(3-4-12(15)16)10-8-14-7-6-9(10)2-5-13(17)18/h6-8,11H,2-5H2,1H3,(H,17,18). The number of likely N-dealkylation sites (tertiary alicyclic amines) is 1. The summed E-state index contributed by atoms with van der Waals surface area (Å²) in [4.78, 5) is 28.0. The molecule has 2 heterocycles. The number of aliphatic carboxylic acids is 1. The molecule has 1 aromatic rings. The van der Waals surface area contributed by atoms with Crippen LogP contribution in [0, 0.1) is 0 Å². The molecule has 5 heteroatoms. The quantitative estimate of drug-likeness (QED) is 0.874. The third-order valence-electron chi connectivity index (χ3n) is 3.41. The third-order valence-corrected chi connectivity index (χ3v) is 3.41. The van der Waals surface area contributed by atoms with Gasteiger partial charge in [-0.3, -0.25) is 14.6 Å². The number of hydrogen-bond donors (Lipinski definition) is 1. The van der Waals surface area contributed by atoms with Crippen molar-refractivity contribution in [1.82, 2.24) is 9.88 Å². The van der Waals surface area contributed by atoms with Crippen LogP contribution in [0.3, 0.4) is 0 Å². The van der Waals surface area contributed by atoms with Crippen LogP contribution in [0.2, 0.25) is 0 Å². The molecule has 18 heavy (non-hydrogen) atoms. The van der Waals surface area contributed by atoms with E-state index in [1.54, 1.807) is 24.3 Å². The Bertz CT molecular complexity index is 473. The molecule has 1 aliphatic heterocycles. The summed E-state index contributed by atoms with van der Waals surface area (Å²) in [7, 11) is 1.79. The van der Waals surface area contributed by atoms with Gasteiger partial charge in [0.15, 0.2) is 0 Å². The molecule has 0 spiro atoms. The molecule has 0 aliphatic carbocycles. The van der Waals surface area contributed by atoms with Crippen molar-refractivity contribution < 1.29 is 14.7 Å². The molecular weight excluding hydrogens is 232 g/mol. The van der Waals surface area contributed by atoms with Crippen LogP contribution in [0.5, 0.6) is 0 Å². The first-order valence-corrected chi connectivity index (χ1v) is 6.00. The average Bonchev–Trinajstić information content (AvgIpc) is 2.68. The van der Waals surface area contributed by atoms with Crippen molar-refractivity contribution >= 4 is 11.9 Å². The number of carboxylic acids is 1. The normalized spacial score (nSPS) is 19.3. The fourth-order valence-corrected chi connectivity index (χ4v) is 2.37. The highest BCUT2D eigenvalue weighted by molar-refractivity contribution is 5.78. The number of nitrogens with zero attached hydrogens (tertiary/aromatic N) is 2. The molecule has 1 atom stereocenters. The van der Waals surface area contributed by atoms with Gasteiger partial charge < -0.3 is 10.0 Å². The molecule has 1 aliphatic rings. The van der Waals surface area contributed by atoms with E-state index in [4.69, 9.17) is 5.11 Å². The Morgan fingerprint density at radius 1 is 1.61 bits per heavy atom. The predicted molar refractivity (Wildman–Crippen MR) is 64.9 cm³/mol. The zero-order valence-electron chi connectivity index (χ0n) is 10.3. The second-order valence-electron chi connectivity index (χ2n) is 4.53. The number of amides is 1. The Labute approximate surface area is 105 Å². The van der Waals surface area contributed by atoms with Gasteiger partial charge in [-0.2, -0.15) is 0 Å². The highest BCUT2D eigenvalue weighted by Gasteiger charge is 2.30. The molecule has 0 bridgehead atoms. The molecule has 1 N–H and O–H groups in total. The van der Waals surface area contributed by atoms with Gasteiger partial charge in [0.2, 0.25) is 5.91 Å². The van der Waals surface area contributed by atoms with E-state index in [2.05, 4.69) is 4.98 Å². The lowest BCUT2D eigenvalue weighted by molar-refractivity contribution is -0.137. The van der Waals surface area contributed by atoms with Crippen LogP contribution in [0.1, 0.15) is 36.4 Å². The van der Waals surface area contributed by atoms with Crippen LogP contribution in [0.25, 0.3) is 0 Å². The number of rotatable bonds is 4. The van der Waals surface area contributed by atoms with Gasteiger partial charge in [0, 0.05) is 32.3 Å². The van der Waals surface area contributed by atoms with Gasteiger partial charge in [-0.15, -0.1) is 0 Å². The fourth-order valence-electron chi connectivity index (χ4n) is 2.37. The van der Waals surface area contributed by atoms with Crippen LogP contribution >= 0.6 is 0 Å². The van der Waals surface area contributed by atoms with E-state index >= 15 is 0 Å². The monoisotopic (exact) mass is 248 g/mol. The Morgan fingerprint density at radius 2 is 2.39 bits per heavy atom. The minimum atomic E-state index is -0.811. The molecule has 2 rings (SSSR count). The minimum absolute atomic E-state index is 0.0370. The molecule has 0 saturated carbocycles. The number of carbonyl (C=O) groups excluding carboxylic acids is 1. The molecule has 1 unspecified atom stereocenters. The van der Waals surface area contributed by atoms with Crippen LogP contribution in [0.15, 0.2) is 18.5 Å². The molecule has 0 aromatic carbocycles. The van der Waals surface area contributed by atoms with E-state index in [-0.39, 0.29) is 18.4 Å². The van der Waals surface area contributed by atoms with Gasteiger partial charge in [0.25, 0.3) is 0 Å². The lowest BCUT2D eigenvalue weighted by atomic mass is 9.98. The van der Waals surface area contributed by atoms with Gasteiger partial charge in [-0.1, -0.05) is 0 Å². The summed E-state index contributed by atoms with van der Waals surface area (Å²) in [6.45, 7) is 0. The average molecular weight is 248 g/mol. The van der Waals surface area contributed by atoms with E-state index < -0.39 is 5.97 Å². The third kappa shape index (κ3) is 2.50. The van der Waals surface area contributed by atoms with E-state index in [1.165, 1.54) is 0 Å². The van der Waals surface area contributed by atoms with Crippen LogP contribution in [-0.4, -0.2) is 33.9 Å². The Morgan fingerprint density at radius 3 is 3.00 bits per heavy atom. The Balaban J connectivity index is 2.22. The summed E-state index contributed by atoms with van der Waals surface area (Å²) >= 11 is 0. The largest absolute Gasteiger partial charge is 0.481 e. The summed E-state index contributed by atoms with van der Waals surface area (Å²) in [5.41, 5.74) is 1.95. The number of aromatic nitrogens is 1. The maximum absolute atomic E-state index is 11.5. The molecule has 1 amide bonds. The molecule has 0 radical (unpaired) electrons. The predicted octanol–water partition coefficient (Wildman–Crippen LogP) is 1.39. The second kappa shape index (κ2) is 5.16. The zero-order chi connectivity index (χ0) is 13.1. The number of carboxylic acid groups (broad SMARTS) is 1. The van der Waals surface area contributed by atoms with Crippen LogP contribution in [0.4, 0.5) is 0 Å².